The zero-order valence-corrected chi connectivity index (χ0v) is 16.9. The molecule has 3 aromatic carbocycles. The summed E-state index contributed by atoms with van der Waals surface area (Å²) in [6.45, 7) is 3.88. The first-order chi connectivity index (χ1) is 14.4. The van der Waals surface area contributed by atoms with Crippen molar-refractivity contribution in [1.82, 2.24) is 9.97 Å². The third-order valence-electron chi connectivity index (χ3n) is 4.86. The summed E-state index contributed by atoms with van der Waals surface area (Å²) < 4.78 is 5.19. The number of amides is 1. The van der Waals surface area contributed by atoms with Crippen LogP contribution in [0.3, 0.4) is 0 Å². The number of aromatic amines is 1. The summed E-state index contributed by atoms with van der Waals surface area (Å²) >= 11 is 0. The molecule has 6 nitrogen and oxygen atoms in total. The van der Waals surface area contributed by atoms with Gasteiger partial charge in [-0.3, -0.25) is 9.59 Å². The molecule has 0 aliphatic rings. The Hall–Kier alpha value is -3.93. The van der Waals surface area contributed by atoms with Crippen LogP contribution >= 0.6 is 0 Å². The van der Waals surface area contributed by atoms with Crippen LogP contribution in [0.1, 0.15) is 21.5 Å². The fourth-order valence-corrected chi connectivity index (χ4v) is 3.30. The Balaban J connectivity index is 1.78. The van der Waals surface area contributed by atoms with E-state index in [0.29, 0.717) is 33.6 Å². The molecule has 0 radical (unpaired) electrons. The van der Waals surface area contributed by atoms with Crippen LogP contribution in [-0.2, 0) is 0 Å². The normalized spacial score (nSPS) is 10.8. The molecule has 0 fully saturated rings. The molecule has 1 heterocycles. The molecule has 0 spiro atoms. The molecule has 0 unspecified atom stereocenters. The van der Waals surface area contributed by atoms with Crippen LogP contribution in [0.5, 0.6) is 5.75 Å². The van der Waals surface area contributed by atoms with E-state index in [-0.39, 0.29) is 17.2 Å². The zero-order chi connectivity index (χ0) is 21.3. The molecule has 0 aliphatic carbocycles. The average molecular weight is 399 g/mol. The van der Waals surface area contributed by atoms with Crippen molar-refractivity contribution < 1.29 is 9.53 Å². The van der Waals surface area contributed by atoms with Gasteiger partial charge >= 0.3 is 0 Å². The highest BCUT2D eigenvalue weighted by Gasteiger charge is 2.16. The number of ether oxygens (including phenoxy) is 1. The Morgan fingerprint density at radius 3 is 2.57 bits per heavy atom. The predicted octanol–water partition coefficient (Wildman–Crippen LogP) is 4.47. The number of nitrogens with zero attached hydrogens (tertiary/aromatic N) is 1. The lowest BCUT2D eigenvalue weighted by Gasteiger charge is -2.12. The number of carbonyl (C=O) groups is 1. The lowest BCUT2D eigenvalue weighted by molar-refractivity contribution is 0.102. The second-order valence-corrected chi connectivity index (χ2v) is 7.17. The number of hydrogen-bond acceptors (Lipinski definition) is 4. The minimum absolute atomic E-state index is 0.260. The van der Waals surface area contributed by atoms with Crippen LogP contribution in [0.25, 0.3) is 22.3 Å². The van der Waals surface area contributed by atoms with Crippen LogP contribution in [0, 0.1) is 13.8 Å². The van der Waals surface area contributed by atoms with Gasteiger partial charge in [-0.05, 0) is 61.9 Å². The molecule has 4 rings (SSSR count). The first-order valence-corrected chi connectivity index (χ1v) is 9.52. The predicted molar refractivity (Wildman–Crippen MR) is 118 cm³/mol. The van der Waals surface area contributed by atoms with Gasteiger partial charge in [0, 0.05) is 11.1 Å². The fourth-order valence-electron chi connectivity index (χ4n) is 3.30. The largest absolute Gasteiger partial charge is 0.497 e. The number of hydrogen-bond donors (Lipinski definition) is 2. The lowest BCUT2D eigenvalue weighted by Crippen LogP contribution is -2.16. The molecular formula is C24H21N3O3. The van der Waals surface area contributed by atoms with E-state index in [4.69, 9.17) is 4.74 Å². The van der Waals surface area contributed by atoms with E-state index in [9.17, 15) is 9.59 Å². The van der Waals surface area contributed by atoms with Crippen molar-refractivity contribution >= 4 is 22.6 Å². The second kappa shape index (κ2) is 7.83. The number of anilines is 1. The monoisotopic (exact) mass is 399 g/mol. The van der Waals surface area contributed by atoms with E-state index in [1.54, 1.807) is 37.4 Å². The van der Waals surface area contributed by atoms with E-state index in [0.717, 1.165) is 11.1 Å². The molecule has 0 atom stereocenters. The van der Waals surface area contributed by atoms with E-state index < -0.39 is 0 Å². The number of aromatic nitrogens is 2. The van der Waals surface area contributed by atoms with Gasteiger partial charge in [0.1, 0.15) is 11.4 Å². The van der Waals surface area contributed by atoms with Crippen molar-refractivity contribution in [3.05, 3.63) is 87.7 Å². The molecule has 30 heavy (non-hydrogen) atoms. The number of H-pyrrole nitrogens is 1. The molecule has 0 saturated carbocycles. The zero-order valence-electron chi connectivity index (χ0n) is 16.9. The third kappa shape index (κ3) is 3.80. The molecule has 0 aliphatic heterocycles. The Labute approximate surface area is 173 Å². The summed E-state index contributed by atoms with van der Waals surface area (Å²) in [4.78, 5) is 33.1. The van der Waals surface area contributed by atoms with Crippen LogP contribution in [0.2, 0.25) is 0 Å². The molecular weight excluding hydrogens is 378 g/mol. The summed E-state index contributed by atoms with van der Waals surface area (Å²) in [5, 5.41) is 2.90. The maximum absolute atomic E-state index is 12.8. The van der Waals surface area contributed by atoms with Gasteiger partial charge in [0.15, 0.2) is 0 Å². The average Bonchev–Trinajstić information content (AvgIpc) is 2.74. The lowest BCUT2D eigenvalue weighted by atomic mass is 10.1. The molecule has 1 amide bonds. The van der Waals surface area contributed by atoms with Crippen LogP contribution in [-0.4, -0.2) is 23.0 Å². The summed E-state index contributed by atoms with van der Waals surface area (Å²) in [5.74, 6) is 0.293. The van der Waals surface area contributed by atoms with E-state index in [2.05, 4.69) is 15.3 Å². The van der Waals surface area contributed by atoms with Crippen molar-refractivity contribution in [3.63, 3.8) is 0 Å². The molecule has 6 heteroatoms. The van der Waals surface area contributed by atoms with Gasteiger partial charge < -0.3 is 15.0 Å². The maximum atomic E-state index is 12.8. The topological polar surface area (TPSA) is 84.1 Å². The Kier molecular flexibility index (Phi) is 5.06. The number of carbonyl (C=O) groups excluding carboxylic acids is 1. The van der Waals surface area contributed by atoms with Crippen molar-refractivity contribution in [2.24, 2.45) is 0 Å². The van der Waals surface area contributed by atoms with Gasteiger partial charge in [-0.1, -0.05) is 23.8 Å². The highest BCUT2D eigenvalue weighted by Crippen LogP contribution is 2.27. The van der Waals surface area contributed by atoms with Gasteiger partial charge in [0.25, 0.3) is 11.5 Å². The fraction of sp³-hybridized carbons (Fsp3) is 0.125. The minimum Gasteiger partial charge on any atom is -0.497 e. The van der Waals surface area contributed by atoms with Gasteiger partial charge in [-0.25, -0.2) is 4.98 Å². The first-order valence-electron chi connectivity index (χ1n) is 9.52. The SMILES string of the molecule is COc1cccc(C(=O)Nc2ccc(C)cc2-c2nc3ccc(C)cc3[nH]c2=O)c1. The van der Waals surface area contributed by atoms with Crippen LogP contribution in [0.4, 0.5) is 5.69 Å². The van der Waals surface area contributed by atoms with Crippen molar-refractivity contribution in [2.75, 3.05) is 12.4 Å². The molecule has 1 aromatic heterocycles. The van der Waals surface area contributed by atoms with Gasteiger partial charge in [-0.15, -0.1) is 0 Å². The molecule has 0 saturated heterocycles. The van der Waals surface area contributed by atoms with Crippen LogP contribution < -0.4 is 15.6 Å². The van der Waals surface area contributed by atoms with Gasteiger partial charge in [0.2, 0.25) is 0 Å². The summed E-state index contributed by atoms with van der Waals surface area (Å²) in [6, 6.07) is 18.1. The Morgan fingerprint density at radius 2 is 1.77 bits per heavy atom. The Morgan fingerprint density at radius 1 is 1.00 bits per heavy atom. The van der Waals surface area contributed by atoms with Crippen molar-refractivity contribution in [1.29, 1.82) is 0 Å². The van der Waals surface area contributed by atoms with Crippen LogP contribution in [0.15, 0.2) is 65.5 Å². The number of aryl methyl sites for hydroxylation is 2. The van der Waals surface area contributed by atoms with Crippen molar-refractivity contribution in [2.45, 2.75) is 13.8 Å². The first kappa shape index (κ1) is 19.4. The number of fused-ring (bicyclic) bond motifs is 1. The van der Waals surface area contributed by atoms with Gasteiger partial charge in [0.05, 0.1) is 23.8 Å². The van der Waals surface area contributed by atoms with Crippen molar-refractivity contribution in [3.8, 4) is 17.0 Å². The Bertz CT molecular complexity index is 1330. The summed E-state index contributed by atoms with van der Waals surface area (Å²) in [6.07, 6.45) is 0. The van der Waals surface area contributed by atoms with E-state index in [1.165, 1.54) is 0 Å². The van der Waals surface area contributed by atoms with E-state index >= 15 is 0 Å². The second-order valence-electron chi connectivity index (χ2n) is 7.17. The molecule has 2 N–H and O–H groups in total. The summed E-state index contributed by atoms with van der Waals surface area (Å²) in [5.41, 5.74) is 4.83. The van der Waals surface area contributed by atoms with Gasteiger partial charge in [-0.2, -0.15) is 0 Å². The molecule has 150 valence electrons. The smallest absolute Gasteiger partial charge is 0.275 e. The molecule has 4 aromatic rings. The minimum atomic E-state index is -0.310. The highest BCUT2D eigenvalue weighted by atomic mass is 16.5. The third-order valence-corrected chi connectivity index (χ3v) is 4.86. The number of nitrogens with one attached hydrogen (secondary N) is 2. The van der Waals surface area contributed by atoms with E-state index in [1.807, 2.05) is 44.2 Å². The summed E-state index contributed by atoms with van der Waals surface area (Å²) in [7, 11) is 1.55. The highest BCUT2D eigenvalue weighted by molar-refractivity contribution is 6.06. The number of rotatable bonds is 4. The number of benzene rings is 3. The standard InChI is InChI=1S/C24H21N3O3/c1-14-7-9-19(26-23(28)16-5-4-6-17(13-16)30-3)18(11-14)22-24(29)27-21-12-15(2)8-10-20(21)25-22/h4-13H,1-3H3,(H,26,28)(H,27,29). The maximum Gasteiger partial charge on any atom is 0.275 e. The molecule has 0 bridgehead atoms. The number of methoxy groups -OCH3 is 1. The quantitative estimate of drug-likeness (QED) is 0.530.